The quantitative estimate of drug-likeness (QED) is 0.647. The second kappa shape index (κ2) is 4.52. The van der Waals surface area contributed by atoms with Gasteiger partial charge in [0.2, 0.25) is 5.76 Å². The minimum absolute atomic E-state index is 0.119. The van der Waals surface area contributed by atoms with Gasteiger partial charge in [-0.3, -0.25) is 4.79 Å². The Balaban J connectivity index is 2.54. The van der Waals surface area contributed by atoms with Gasteiger partial charge in [-0.05, 0) is 26.0 Å². The number of fused-ring (bicyclic) bond motifs is 1. The normalized spacial score (nSPS) is 10.8. The molecule has 0 bridgehead atoms. The highest BCUT2D eigenvalue weighted by Gasteiger charge is 2.15. The molecule has 0 aliphatic heterocycles. The van der Waals surface area contributed by atoms with Crippen molar-refractivity contribution in [2.75, 3.05) is 5.73 Å². The van der Waals surface area contributed by atoms with Gasteiger partial charge in [-0.1, -0.05) is 0 Å². The van der Waals surface area contributed by atoms with E-state index in [1.165, 1.54) is 6.07 Å². The average Bonchev–Trinajstić information content (AvgIpc) is 2.27. The molecule has 0 atom stereocenters. The number of rotatable bonds is 2. The molecule has 0 amide bonds. The van der Waals surface area contributed by atoms with Crippen LogP contribution in [0.4, 0.5) is 5.69 Å². The van der Waals surface area contributed by atoms with Crippen molar-refractivity contribution >= 4 is 22.6 Å². The van der Waals surface area contributed by atoms with Gasteiger partial charge in [0.05, 0.1) is 11.5 Å². The van der Waals surface area contributed by atoms with Crippen molar-refractivity contribution in [1.29, 1.82) is 0 Å². The van der Waals surface area contributed by atoms with Crippen LogP contribution in [0, 0.1) is 0 Å². The highest BCUT2D eigenvalue weighted by molar-refractivity contribution is 5.89. The average molecular weight is 247 g/mol. The maximum Gasteiger partial charge on any atom is 0.374 e. The smallest absolute Gasteiger partial charge is 0.374 e. The second-order valence-electron chi connectivity index (χ2n) is 4.18. The molecule has 1 aromatic heterocycles. The third-order valence-corrected chi connectivity index (χ3v) is 2.30. The van der Waals surface area contributed by atoms with E-state index >= 15 is 0 Å². The fourth-order valence-electron chi connectivity index (χ4n) is 1.54. The van der Waals surface area contributed by atoms with E-state index in [1.54, 1.807) is 26.0 Å². The van der Waals surface area contributed by atoms with Crippen LogP contribution in [0.25, 0.3) is 11.0 Å². The molecule has 0 unspecified atom stereocenters. The van der Waals surface area contributed by atoms with Crippen LogP contribution in [0.2, 0.25) is 0 Å². The number of benzene rings is 1. The highest BCUT2D eigenvalue weighted by atomic mass is 16.6. The molecular weight excluding hydrogens is 234 g/mol. The van der Waals surface area contributed by atoms with Gasteiger partial charge in [0.15, 0.2) is 5.43 Å². The van der Waals surface area contributed by atoms with Crippen molar-refractivity contribution in [1.82, 2.24) is 0 Å². The fraction of sp³-hybridized carbons (Fsp3) is 0.231. The standard InChI is InChI=1S/C13H13NO4/c1-7(2)17-13(16)12-6-10(15)9-4-3-8(14)5-11(9)18-12/h3-7H,14H2,1-2H3. The van der Waals surface area contributed by atoms with Gasteiger partial charge in [0.1, 0.15) is 5.58 Å². The van der Waals surface area contributed by atoms with Gasteiger partial charge in [0, 0.05) is 17.8 Å². The number of ether oxygens (including phenoxy) is 1. The summed E-state index contributed by atoms with van der Waals surface area (Å²) in [6.45, 7) is 3.43. The van der Waals surface area contributed by atoms with Gasteiger partial charge in [-0.2, -0.15) is 0 Å². The number of esters is 1. The van der Waals surface area contributed by atoms with E-state index in [0.29, 0.717) is 11.1 Å². The van der Waals surface area contributed by atoms with Gasteiger partial charge >= 0.3 is 5.97 Å². The van der Waals surface area contributed by atoms with Crippen LogP contribution in [0.3, 0.4) is 0 Å². The van der Waals surface area contributed by atoms with Crippen molar-refractivity contribution < 1.29 is 13.9 Å². The van der Waals surface area contributed by atoms with Crippen LogP contribution < -0.4 is 11.2 Å². The molecule has 5 heteroatoms. The molecule has 0 aliphatic carbocycles. The largest absolute Gasteiger partial charge is 0.457 e. The number of carbonyl (C=O) groups excluding carboxylic acids is 1. The number of hydrogen-bond acceptors (Lipinski definition) is 5. The number of carbonyl (C=O) groups is 1. The van der Waals surface area contributed by atoms with Crippen molar-refractivity contribution in [3.8, 4) is 0 Å². The Labute approximate surface area is 103 Å². The Bertz CT molecular complexity index is 658. The van der Waals surface area contributed by atoms with Crippen LogP contribution >= 0.6 is 0 Å². The van der Waals surface area contributed by atoms with E-state index in [9.17, 15) is 9.59 Å². The summed E-state index contributed by atoms with van der Waals surface area (Å²) in [4.78, 5) is 23.4. The molecule has 18 heavy (non-hydrogen) atoms. The summed E-state index contributed by atoms with van der Waals surface area (Å²) < 4.78 is 10.3. The van der Waals surface area contributed by atoms with E-state index in [1.807, 2.05) is 0 Å². The number of nitrogen functional groups attached to an aromatic ring is 1. The summed E-state index contributed by atoms with van der Waals surface area (Å²) in [5.41, 5.74) is 6.04. The van der Waals surface area contributed by atoms with Crippen LogP contribution in [-0.4, -0.2) is 12.1 Å². The number of nitrogens with two attached hydrogens (primary N) is 1. The zero-order valence-electron chi connectivity index (χ0n) is 10.1. The van der Waals surface area contributed by atoms with Crippen LogP contribution in [0.15, 0.2) is 33.5 Å². The summed E-state index contributed by atoms with van der Waals surface area (Å²) in [5.74, 6) is -0.779. The summed E-state index contributed by atoms with van der Waals surface area (Å²) >= 11 is 0. The predicted molar refractivity (Wildman–Crippen MR) is 67.4 cm³/mol. The molecule has 0 fully saturated rings. The van der Waals surface area contributed by atoms with Gasteiger partial charge in [-0.25, -0.2) is 4.79 Å². The first-order valence-electron chi connectivity index (χ1n) is 5.52. The van der Waals surface area contributed by atoms with Crippen molar-refractivity contribution in [3.63, 3.8) is 0 Å². The molecule has 0 aliphatic rings. The Morgan fingerprint density at radius 3 is 2.72 bits per heavy atom. The molecule has 2 aromatic rings. The minimum atomic E-state index is -0.661. The van der Waals surface area contributed by atoms with Gasteiger partial charge < -0.3 is 14.9 Å². The van der Waals surface area contributed by atoms with Crippen molar-refractivity contribution in [3.05, 3.63) is 40.2 Å². The number of anilines is 1. The molecule has 0 saturated carbocycles. The van der Waals surface area contributed by atoms with E-state index in [-0.39, 0.29) is 22.9 Å². The Morgan fingerprint density at radius 2 is 2.06 bits per heavy atom. The van der Waals surface area contributed by atoms with Crippen LogP contribution in [0.5, 0.6) is 0 Å². The van der Waals surface area contributed by atoms with E-state index in [4.69, 9.17) is 14.9 Å². The maximum absolute atomic E-state index is 11.8. The molecule has 2 N–H and O–H groups in total. The fourth-order valence-corrected chi connectivity index (χ4v) is 1.54. The van der Waals surface area contributed by atoms with Gasteiger partial charge in [0.25, 0.3) is 0 Å². The van der Waals surface area contributed by atoms with E-state index in [2.05, 4.69) is 0 Å². The molecule has 0 radical (unpaired) electrons. The highest BCUT2D eigenvalue weighted by Crippen LogP contribution is 2.16. The lowest BCUT2D eigenvalue weighted by Gasteiger charge is -2.07. The zero-order valence-corrected chi connectivity index (χ0v) is 10.1. The topological polar surface area (TPSA) is 82.5 Å². The predicted octanol–water partition coefficient (Wildman–Crippen LogP) is 1.94. The third-order valence-electron chi connectivity index (χ3n) is 2.30. The first kappa shape index (κ1) is 12.2. The molecule has 0 saturated heterocycles. The molecular formula is C13H13NO4. The lowest BCUT2D eigenvalue weighted by atomic mass is 10.2. The van der Waals surface area contributed by atoms with Crippen molar-refractivity contribution in [2.24, 2.45) is 0 Å². The lowest BCUT2D eigenvalue weighted by Crippen LogP contribution is -2.14. The summed E-state index contributed by atoms with van der Waals surface area (Å²) in [6, 6.07) is 5.80. The van der Waals surface area contributed by atoms with Crippen LogP contribution in [-0.2, 0) is 4.74 Å². The number of hydrogen-bond donors (Lipinski definition) is 1. The second-order valence-corrected chi connectivity index (χ2v) is 4.18. The minimum Gasteiger partial charge on any atom is -0.457 e. The van der Waals surface area contributed by atoms with Crippen molar-refractivity contribution in [2.45, 2.75) is 20.0 Å². The summed E-state index contributed by atoms with van der Waals surface area (Å²) in [6.07, 6.45) is -0.278. The SMILES string of the molecule is CC(C)OC(=O)c1cc(=O)c2ccc(N)cc2o1. The lowest BCUT2D eigenvalue weighted by molar-refractivity contribution is 0.0342. The Hall–Kier alpha value is -2.30. The Morgan fingerprint density at radius 1 is 1.33 bits per heavy atom. The molecule has 5 nitrogen and oxygen atoms in total. The first-order chi connectivity index (χ1) is 8.47. The molecule has 94 valence electrons. The monoisotopic (exact) mass is 247 g/mol. The summed E-state index contributed by atoms with van der Waals surface area (Å²) in [7, 11) is 0. The third kappa shape index (κ3) is 2.34. The molecule has 0 spiro atoms. The van der Waals surface area contributed by atoms with E-state index < -0.39 is 5.97 Å². The first-order valence-corrected chi connectivity index (χ1v) is 5.52. The van der Waals surface area contributed by atoms with E-state index in [0.717, 1.165) is 6.07 Å². The summed E-state index contributed by atoms with van der Waals surface area (Å²) in [5, 5.41) is 0.380. The van der Waals surface area contributed by atoms with Gasteiger partial charge in [-0.15, -0.1) is 0 Å². The van der Waals surface area contributed by atoms with Crippen LogP contribution in [0.1, 0.15) is 24.4 Å². The molecule has 1 aromatic carbocycles. The molecule has 1 heterocycles. The zero-order chi connectivity index (χ0) is 13.3. The maximum atomic E-state index is 11.8. The molecule has 2 rings (SSSR count). The Kier molecular flexibility index (Phi) is 3.06.